The maximum atomic E-state index is 13.2. The highest BCUT2D eigenvalue weighted by Crippen LogP contribution is 2.38. The van der Waals surface area contributed by atoms with Crippen molar-refractivity contribution in [2.75, 3.05) is 5.01 Å². The lowest BCUT2D eigenvalue weighted by molar-refractivity contribution is -0.0987. The fourth-order valence-corrected chi connectivity index (χ4v) is 2.91. The molecule has 140 valence electrons. The summed E-state index contributed by atoms with van der Waals surface area (Å²) in [5.41, 5.74) is -0.139. The van der Waals surface area contributed by atoms with Crippen LogP contribution in [0, 0.1) is 5.41 Å². The van der Waals surface area contributed by atoms with Crippen molar-refractivity contribution in [2.24, 2.45) is 4.99 Å². The summed E-state index contributed by atoms with van der Waals surface area (Å²) in [5, 5.41) is 10.3. The summed E-state index contributed by atoms with van der Waals surface area (Å²) < 4.78 is 78.4. The van der Waals surface area contributed by atoms with Crippen molar-refractivity contribution >= 4 is 40.6 Å². The molecule has 0 spiro atoms. The second kappa shape index (κ2) is 6.03. The minimum absolute atomic E-state index is 0.0180. The van der Waals surface area contributed by atoms with Crippen LogP contribution in [0.5, 0.6) is 0 Å². The van der Waals surface area contributed by atoms with E-state index in [1.54, 1.807) is 0 Å². The molecule has 3 rings (SSSR count). The Labute approximate surface area is 151 Å². The van der Waals surface area contributed by atoms with E-state index in [1.807, 2.05) is 0 Å². The lowest BCUT2D eigenvalue weighted by Gasteiger charge is -2.25. The summed E-state index contributed by atoms with van der Waals surface area (Å²) in [6.45, 7) is 0. The number of anilines is 1. The number of alkyl halides is 6. The van der Waals surface area contributed by atoms with Crippen molar-refractivity contribution in [2.45, 2.75) is 18.5 Å². The zero-order chi connectivity index (χ0) is 19.4. The zero-order valence-electron chi connectivity index (χ0n) is 12.2. The minimum Gasteiger partial charge on any atom is -0.332 e. The maximum absolute atomic E-state index is 13.2. The van der Waals surface area contributed by atoms with Crippen LogP contribution in [0.4, 0.5) is 32.0 Å². The third kappa shape index (κ3) is 3.21. The van der Waals surface area contributed by atoms with E-state index in [0.717, 1.165) is 5.01 Å². The van der Waals surface area contributed by atoms with Gasteiger partial charge in [-0.3, -0.25) is 10.4 Å². The molecule has 0 aromatic heterocycles. The second-order valence-electron chi connectivity index (χ2n) is 5.20. The van der Waals surface area contributed by atoms with Gasteiger partial charge in [0, 0.05) is 5.02 Å². The fraction of sp³-hybridized carbons (Fsp3) is 0.231. The summed E-state index contributed by atoms with van der Waals surface area (Å²) in [4.78, 5) is 3.21. The SMILES string of the molecule is N=C1C2=C(C(F)(F)F)NC(C(F)(F)F)=NC2NN1c1ccc(Cl)cc1Cl. The quantitative estimate of drug-likeness (QED) is 0.605. The van der Waals surface area contributed by atoms with Crippen molar-refractivity contribution in [1.29, 1.82) is 5.41 Å². The largest absolute Gasteiger partial charge is 0.449 e. The van der Waals surface area contributed by atoms with Crippen LogP contribution in [-0.2, 0) is 0 Å². The Balaban J connectivity index is 2.10. The van der Waals surface area contributed by atoms with Crippen LogP contribution in [0.2, 0.25) is 10.0 Å². The molecular formula is C13H7Cl2F6N5. The summed E-state index contributed by atoms with van der Waals surface area (Å²) >= 11 is 11.7. The van der Waals surface area contributed by atoms with Gasteiger partial charge in [0.05, 0.1) is 16.3 Å². The van der Waals surface area contributed by atoms with Gasteiger partial charge in [-0.2, -0.15) is 31.8 Å². The third-order valence-corrected chi connectivity index (χ3v) is 4.01. The van der Waals surface area contributed by atoms with Crippen LogP contribution in [0.15, 0.2) is 34.5 Å². The monoisotopic (exact) mass is 417 g/mol. The lowest BCUT2D eigenvalue weighted by atomic mass is 10.1. The number of aliphatic imine (C=N–C) groups is 1. The predicted octanol–water partition coefficient (Wildman–Crippen LogP) is 4.00. The van der Waals surface area contributed by atoms with Crippen LogP contribution in [0.25, 0.3) is 0 Å². The van der Waals surface area contributed by atoms with Gasteiger partial charge >= 0.3 is 12.4 Å². The third-order valence-electron chi connectivity index (χ3n) is 3.48. The molecule has 1 aromatic carbocycles. The van der Waals surface area contributed by atoms with Gasteiger partial charge in [-0.1, -0.05) is 23.2 Å². The number of hydrogen-bond acceptors (Lipinski definition) is 4. The van der Waals surface area contributed by atoms with Gasteiger partial charge in [0.2, 0.25) is 5.84 Å². The molecule has 3 N–H and O–H groups in total. The van der Waals surface area contributed by atoms with Gasteiger partial charge in [0.1, 0.15) is 17.7 Å². The molecule has 2 aliphatic rings. The Bertz CT molecular complexity index is 844. The second-order valence-corrected chi connectivity index (χ2v) is 6.04. The molecule has 0 saturated carbocycles. The van der Waals surface area contributed by atoms with Crippen LogP contribution in [0.3, 0.4) is 0 Å². The molecule has 2 heterocycles. The number of nitrogens with one attached hydrogen (secondary N) is 3. The molecule has 1 unspecified atom stereocenters. The van der Waals surface area contributed by atoms with E-state index in [-0.39, 0.29) is 15.7 Å². The summed E-state index contributed by atoms with van der Waals surface area (Å²) in [7, 11) is 0. The van der Waals surface area contributed by atoms with E-state index in [0.29, 0.717) is 0 Å². The summed E-state index contributed by atoms with van der Waals surface area (Å²) in [6.07, 6.45) is -12.0. The fourth-order valence-electron chi connectivity index (χ4n) is 2.42. The number of rotatable bonds is 1. The van der Waals surface area contributed by atoms with Crippen LogP contribution in [-0.4, -0.2) is 30.2 Å². The Kier molecular flexibility index (Phi) is 4.36. The van der Waals surface area contributed by atoms with E-state index < -0.39 is 41.5 Å². The molecular weight excluding hydrogens is 411 g/mol. The lowest BCUT2D eigenvalue weighted by Crippen LogP contribution is -2.47. The first-order valence-electron chi connectivity index (χ1n) is 6.73. The van der Waals surface area contributed by atoms with Crippen molar-refractivity contribution in [3.8, 4) is 0 Å². The van der Waals surface area contributed by atoms with E-state index in [1.165, 1.54) is 23.5 Å². The van der Waals surface area contributed by atoms with Gasteiger partial charge in [0.25, 0.3) is 0 Å². The molecule has 5 nitrogen and oxygen atoms in total. The molecule has 1 fully saturated rings. The van der Waals surface area contributed by atoms with Crippen molar-refractivity contribution in [3.63, 3.8) is 0 Å². The molecule has 0 aliphatic carbocycles. The average Bonchev–Trinajstić information content (AvgIpc) is 2.81. The predicted molar refractivity (Wildman–Crippen MR) is 83.3 cm³/mol. The zero-order valence-corrected chi connectivity index (χ0v) is 13.7. The van der Waals surface area contributed by atoms with Crippen molar-refractivity contribution in [1.82, 2.24) is 10.7 Å². The first kappa shape index (κ1) is 18.8. The Morgan fingerprint density at radius 3 is 2.27 bits per heavy atom. The molecule has 2 aliphatic heterocycles. The Morgan fingerprint density at radius 2 is 1.73 bits per heavy atom. The minimum atomic E-state index is -5.16. The van der Waals surface area contributed by atoms with Crippen LogP contribution >= 0.6 is 23.2 Å². The summed E-state index contributed by atoms with van der Waals surface area (Å²) in [5.74, 6) is -2.56. The normalized spacial score (nSPS) is 20.9. The first-order valence-corrected chi connectivity index (χ1v) is 7.49. The van der Waals surface area contributed by atoms with Gasteiger partial charge in [-0.05, 0) is 18.2 Å². The molecule has 26 heavy (non-hydrogen) atoms. The van der Waals surface area contributed by atoms with E-state index in [4.69, 9.17) is 28.6 Å². The van der Waals surface area contributed by atoms with Crippen LogP contribution < -0.4 is 15.8 Å². The number of amidine groups is 2. The van der Waals surface area contributed by atoms with E-state index in [2.05, 4.69) is 10.4 Å². The van der Waals surface area contributed by atoms with Crippen molar-refractivity contribution < 1.29 is 26.3 Å². The number of halogens is 8. The van der Waals surface area contributed by atoms with Gasteiger partial charge in [-0.25, -0.2) is 4.99 Å². The van der Waals surface area contributed by atoms with Gasteiger partial charge in [0.15, 0.2) is 0 Å². The number of allylic oxidation sites excluding steroid dienone is 1. The highest BCUT2D eigenvalue weighted by molar-refractivity contribution is 6.37. The Morgan fingerprint density at radius 1 is 1.08 bits per heavy atom. The smallest absolute Gasteiger partial charge is 0.332 e. The topological polar surface area (TPSA) is 63.5 Å². The molecule has 1 atom stereocenters. The maximum Gasteiger partial charge on any atom is 0.449 e. The molecule has 0 bridgehead atoms. The molecule has 1 saturated heterocycles. The number of hydrazine groups is 1. The Hall–Kier alpha value is -1.98. The van der Waals surface area contributed by atoms with Crippen molar-refractivity contribution in [3.05, 3.63) is 39.5 Å². The highest BCUT2D eigenvalue weighted by atomic mass is 35.5. The average molecular weight is 418 g/mol. The summed E-state index contributed by atoms with van der Waals surface area (Å²) in [6, 6.07) is 3.94. The van der Waals surface area contributed by atoms with Crippen LogP contribution in [0.1, 0.15) is 0 Å². The number of hydrogen-bond donors (Lipinski definition) is 3. The first-order chi connectivity index (χ1) is 11.9. The van der Waals surface area contributed by atoms with Gasteiger partial charge < -0.3 is 5.32 Å². The standard InChI is InChI=1S/C13H7Cl2F6N5/c14-4-1-2-6(5(15)3-4)26-9(22)7-8(12(16,17)18)23-11(13(19,20)21)24-10(7)25-26/h1-3,10,22,25H,(H,23,24). The van der Waals surface area contributed by atoms with E-state index in [9.17, 15) is 26.3 Å². The number of fused-ring (bicyclic) bond motifs is 1. The number of benzene rings is 1. The molecule has 1 aromatic rings. The highest BCUT2D eigenvalue weighted by Gasteiger charge is 2.51. The molecule has 0 radical (unpaired) electrons. The molecule has 13 heteroatoms. The van der Waals surface area contributed by atoms with E-state index >= 15 is 0 Å². The number of nitrogens with zero attached hydrogens (tertiary/aromatic N) is 2. The molecule has 0 amide bonds. The van der Waals surface area contributed by atoms with Gasteiger partial charge in [-0.15, -0.1) is 0 Å².